The van der Waals surface area contributed by atoms with E-state index in [0.29, 0.717) is 13.1 Å². The molecule has 1 aliphatic rings. The molecule has 0 aliphatic carbocycles. The number of anilines is 2. The van der Waals surface area contributed by atoms with E-state index >= 15 is 0 Å². The Hall–Kier alpha value is -1.92. The molecule has 1 heterocycles. The molecular formula is C14H18F3N3O. The van der Waals surface area contributed by atoms with Gasteiger partial charge in [-0.1, -0.05) is 0 Å². The molecule has 1 fully saturated rings. The average molecular weight is 301 g/mol. The monoisotopic (exact) mass is 301 g/mol. The molecule has 0 radical (unpaired) electrons. The third-order valence-corrected chi connectivity index (χ3v) is 3.82. The zero-order chi connectivity index (χ0) is 16.0. The normalized spacial score (nSPS) is 19.0. The molecule has 0 spiro atoms. The van der Waals surface area contributed by atoms with E-state index in [9.17, 15) is 18.0 Å². The number of rotatable bonds is 1. The number of halogens is 3. The van der Waals surface area contributed by atoms with Crippen molar-refractivity contribution in [2.75, 3.05) is 30.8 Å². The molecule has 1 aromatic rings. The lowest BCUT2D eigenvalue weighted by molar-refractivity contribution is -0.139. The van der Waals surface area contributed by atoms with Crippen molar-refractivity contribution >= 4 is 17.3 Å². The molecule has 1 amide bonds. The van der Waals surface area contributed by atoms with Crippen LogP contribution in [0.1, 0.15) is 19.4 Å². The molecule has 0 atom stereocenters. The maximum absolute atomic E-state index is 13.2. The van der Waals surface area contributed by atoms with Gasteiger partial charge in [0, 0.05) is 25.8 Å². The maximum atomic E-state index is 13.2. The highest BCUT2D eigenvalue weighted by Gasteiger charge is 2.44. The largest absolute Gasteiger partial charge is 0.418 e. The standard InChI is InChI=1S/C14H18F3N3O/c1-13(2)12(21)19(3)6-7-20(13)11-5-4-9(18)8-10(11)14(15,16)17/h4-5,8H,6-7,18H2,1-3H3. The van der Waals surface area contributed by atoms with Gasteiger partial charge in [-0.15, -0.1) is 0 Å². The summed E-state index contributed by atoms with van der Waals surface area (Å²) in [5.74, 6) is -0.210. The van der Waals surface area contributed by atoms with Crippen LogP contribution in [0.3, 0.4) is 0 Å². The van der Waals surface area contributed by atoms with E-state index in [1.54, 1.807) is 20.9 Å². The Kier molecular flexibility index (Phi) is 3.55. The van der Waals surface area contributed by atoms with E-state index < -0.39 is 17.3 Å². The van der Waals surface area contributed by atoms with E-state index in [-0.39, 0.29) is 17.3 Å². The van der Waals surface area contributed by atoms with Crippen molar-refractivity contribution in [2.45, 2.75) is 25.6 Å². The van der Waals surface area contributed by atoms with Crippen LogP contribution < -0.4 is 10.6 Å². The zero-order valence-electron chi connectivity index (χ0n) is 12.2. The summed E-state index contributed by atoms with van der Waals surface area (Å²) in [6.45, 7) is 3.97. The van der Waals surface area contributed by atoms with Gasteiger partial charge in [0.1, 0.15) is 5.54 Å². The number of likely N-dealkylation sites (N-methyl/N-ethyl adjacent to an activating group) is 1. The first kappa shape index (κ1) is 15.5. The first-order chi connectivity index (χ1) is 9.55. The predicted octanol–water partition coefficient (Wildman–Crippen LogP) is 2.34. The van der Waals surface area contributed by atoms with E-state index in [1.807, 2.05) is 0 Å². The Labute approximate surface area is 121 Å². The molecule has 21 heavy (non-hydrogen) atoms. The second-order valence-electron chi connectivity index (χ2n) is 5.71. The number of carbonyl (C=O) groups is 1. The summed E-state index contributed by atoms with van der Waals surface area (Å²) in [6, 6.07) is 3.66. The number of nitrogens with two attached hydrogens (primary N) is 1. The highest BCUT2D eigenvalue weighted by Crippen LogP contribution is 2.40. The van der Waals surface area contributed by atoms with Gasteiger partial charge in [-0.3, -0.25) is 4.79 Å². The molecule has 0 bridgehead atoms. The minimum Gasteiger partial charge on any atom is -0.399 e. The van der Waals surface area contributed by atoms with Crippen molar-refractivity contribution in [1.82, 2.24) is 4.90 Å². The van der Waals surface area contributed by atoms with Crippen LogP contribution in [0.15, 0.2) is 18.2 Å². The maximum Gasteiger partial charge on any atom is 0.418 e. The van der Waals surface area contributed by atoms with Gasteiger partial charge in [-0.25, -0.2) is 0 Å². The first-order valence-corrected chi connectivity index (χ1v) is 6.55. The molecule has 2 rings (SSSR count). The van der Waals surface area contributed by atoms with Gasteiger partial charge in [0.05, 0.1) is 11.3 Å². The summed E-state index contributed by atoms with van der Waals surface area (Å²) in [5.41, 5.74) is 3.66. The summed E-state index contributed by atoms with van der Waals surface area (Å²) in [5, 5.41) is 0. The third-order valence-electron chi connectivity index (χ3n) is 3.82. The second-order valence-corrected chi connectivity index (χ2v) is 5.71. The van der Waals surface area contributed by atoms with Crippen LogP contribution in [0.4, 0.5) is 24.5 Å². The lowest BCUT2D eigenvalue weighted by Gasteiger charge is -2.46. The lowest BCUT2D eigenvalue weighted by atomic mass is 9.95. The average Bonchev–Trinajstić information content (AvgIpc) is 2.36. The molecule has 0 aromatic heterocycles. The first-order valence-electron chi connectivity index (χ1n) is 6.55. The summed E-state index contributed by atoms with van der Waals surface area (Å²) in [6.07, 6.45) is -4.52. The summed E-state index contributed by atoms with van der Waals surface area (Å²) in [4.78, 5) is 15.3. The van der Waals surface area contributed by atoms with E-state index in [2.05, 4.69) is 0 Å². The van der Waals surface area contributed by atoms with Crippen LogP contribution in [0.5, 0.6) is 0 Å². The fraction of sp³-hybridized carbons (Fsp3) is 0.500. The van der Waals surface area contributed by atoms with Crippen LogP contribution >= 0.6 is 0 Å². The Bertz CT molecular complexity index is 569. The Morgan fingerprint density at radius 2 is 1.86 bits per heavy atom. The summed E-state index contributed by atoms with van der Waals surface area (Å²) in [7, 11) is 1.65. The van der Waals surface area contributed by atoms with Crippen LogP contribution in [-0.4, -0.2) is 36.5 Å². The van der Waals surface area contributed by atoms with Gasteiger partial charge in [-0.2, -0.15) is 13.2 Å². The fourth-order valence-corrected chi connectivity index (χ4v) is 2.65. The minimum absolute atomic E-state index is 0.0110. The van der Waals surface area contributed by atoms with Gasteiger partial charge in [0.2, 0.25) is 5.91 Å². The van der Waals surface area contributed by atoms with Crippen molar-refractivity contribution in [2.24, 2.45) is 0 Å². The Morgan fingerprint density at radius 1 is 1.24 bits per heavy atom. The van der Waals surface area contributed by atoms with Gasteiger partial charge in [-0.05, 0) is 32.0 Å². The molecule has 0 unspecified atom stereocenters. The van der Waals surface area contributed by atoms with E-state index in [4.69, 9.17) is 5.73 Å². The molecule has 0 saturated carbocycles. The number of nitrogen functional groups attached to an aromatic ring is 1. The summed E-state index contributed by atoms with van der Waals surface area (Å²) >= 11 is 0. The number of hydrogen-bond donors (Lipinski definition) is 1. The van der Waals surface area contributed by atoms with Gasteiger partial charge in [0.25, 0.3) is 0 Å². The molecule has 1 aromatic carbocycles. The fourth-order valence-electron chi connectivity index (χ4n) is 2.65. The topological polar surface area (TPSA) is 49.6 Å². The number of amides is 1. The van der Waals surface area contributed by atoms with Gasteiger partial charge in [0.15, 0.2) is 0 Å². The number of carbonyl (C=O) groups excluding carboxylic acids is 1. The summed E-state index contributed by atoms with van der Waals surface area (Å²) < 4.78 is 39.7. The SMILES string of the molecule is CN1CCN(c2ccc(N)cc2C(F)(F)F)C(C)(C)C1=O. The van der Waals surface area contributed by atoms with Crippen LogP contribution in [0.25, 0.3) is 0 Å². The highest BCUT2D eigenvalue weighted by atomic mass is 19.4. The molecule has 7 heteroatoms. The van der Waals surface area contributed by atoms with Crippen LogP contribution in [-0.2, 0) is 11.0 Å². The lowest BCUT2D eigenvalue weighted by Crippen LogP contribution is -2.62. The number of nitrogens with zero attached hydrogens (tertiary/aromatic N) is 2. The molecule has 4 nitrogen and oxygen atoms in total. The van der Waals surface area contributed by atoms with Crippen LogP contribution in [0, 0.1) is 0 Å². The highest BCUT2D eigenvalue weighted by molar-refractivity contribution is 5.90. The molecule has 1 aliphatic heterocycles. The van der Waals surface area contributed by atoms with Crippen LogP contribution in [0.2, 0.25) is 0 Å². The smallest absolute Gasteiger partial charge is 0.399 e. The zero-order valence-corrected chi connectivity index (χ0v) is 12.2. The number of benzene rings is 1. The van der Waals surface area contributed by atoms with Crippen molar-refractivity contribution < 1.29 is 18.0 Å². The minimum atomic E-state index is -4.52. The molecule has 116 valence electrons. The number of alkyl halides is 3. The molecule has 1 saturated heterocycles. The number of hydrogen-bond acceptors (Lipinski definition) is 3. The van der Waals surface area contributed by atoms with E-state index in [0.717, 1.165) is 6.07 Å². The van der Waals surface area contributed by atoms with Crippen molar-refractivity contribution in [3.63, 3.8) is 0 Å². The molecular weight excluding hydrogens is 283 g/mol. The predicted molar refractivity (Wildman–Crippen MR) is 74.9 cm³/mol. The quantitative estimate of drug-likeness (QED) is 0.810. The van der Waals surface area contributed by atoms with Gasteiger partial charge < -0.3 is 15.5 Å². The van der Waals surface area contributed by atoms with Crippen molar-refractivity contribution in [3.05, 3.63) is 23.8 Å². The van der Waals surface area contributed by atoms with Crippen molar-refractivity contribution in [1.29, 1.82) is 0 Å². The number of piperazine rings is 1. The van der Waals surface area contributed by atoms with Crippen molar-refractivity contribution in [3.8, 4) is 0 Å². The van der Waals surface area contributed by atoms with Gasteiger partial charge >= 0.3 is 6.18 Å². The Morgan fingerprint density at radius 3 is 2.43 bits per heavy atom. The van der Waals surface area contributed by atoms with E-state index in [1.165, 1.54) is 21.9 Å². The second kappa shape index (κ2) is 4.82. The Balaban J connectivity index is 2.54. The molecule has 2 N–H and O–H groups in total. The third kappa shape index (κ3) is 2.64.